The monoisotopic (exact) mass is 456 g/mol. The van der Waals surface area contributed by atoms with Crippen LogP contribution in [0.5, 0.6) is 5.75 Å². The van der Waals surface area contributed by atoms with Gasteiger partial charge in [-0.3, -0.25) is 14.9 Å². The molecule has 2 aliphatic rings. The number of hydroxylamine groups is 1. The largest absolute Gasteiger partial charge is 0.488 e. The first-order valence-corrected chi connectivity index (χ1v) is 11.7. The number of likely N-dealkylation sites (tertiary alicyclic amines) is 1. The van der Waals surface area contributed by atoms with Crippen LogP contribution in [0.1, 0.15) is 32.3 Å². The molecule has 3 rings (SSSR count). The number of aliphatic hydroxyl groups excluding tert-OH is 1. The second kappa shape index (κ2) is 12.0. The summed E-state index contributed by atoms with van der Waals surface area (Å²) in [5.41, 5.74) is 3.01. The van der Waals surface area contributed by atoms with Crippen molar-refractivity contribution in [3.63, 3.8) is 0 Å². The van der Waals surface area contributed by atoms with Crippen molar-refractivity contribution in [2.45, 2.75) is 45.3 Å². The number of carbonyl (C=O) groups excluding carboxylic acids is 1. The minimum atomic E-state index is -0.632. The van der Waals surface area contributed by atoms with Crippen LogP contribution in [-0.2, 0) is 11.2 Å². The number of hydrogen-bond acceptors (Lipinski definition) is 6. The first-order chi connectivity index (χ1) is 16.0. The third-order valence-corrected chi connectivity index (χ3v) is 6.70. The summed E-state index contributed by atoms with van der Waals surface area (Å²) in [6.07, 6.45) is 5.65. The highest BCUT2D eigenvalue weighted by Crippen LogP contribution is 2.31. The molecule has 2 heterocycles. The van der Waals surface area contributed by atoms with Gasteiger partial charge in [0.15, 0.2) is 0 Å². The fourth-order valence-electron chi connectivity index (χ4n) is 4.67. The molecule has 0 bridgehead atoms. The second-order valence-corrected chi connectivity index (χ2v) is 8.64. The van der Waals surface area contributed by atoms with Gasteiger partial charge in [-0.25, -0.2) is 10.5 Å². The molecule has 1 amide bonds. The summed E-state index contributed by atoms with van der Waals surface area (Å²) in [6, 6.07) is 8.10. The van der Waals surface area contributed by atoms with E-state index in [4.69, 9.17) is 9.94 Å². The number of aliphatic imine (C=N–C) groups is 1. The smallest absolute Gasteiger partial charge is 0.276 e. The number of nitrogens with one attached hydrogen (secondary N) is 1. The normalized spacial score (nSPS) is 20.4. The Balaban J connectivity index is 1.54. The van der Waals surface area contributed by atoms with E-state index in [0.717, 1.165) is 57.0 Å². The summed E-state index contributed by atoms with van der Waals surface area (Å²) < 4.78 is 6.18. The quantitative estimate of drug-likeness (QED) is 0.132. The van der Waals surface area contributed by atoms with Gasteiger partial charge >= 0.3 is 0 Å². The zero-order valence-corrected chi connectivity index (χ0v) is 19.6. The number of hydrogen-bond donors (Lipinski definition) is 3. The minimum Gasteiger partial charge on any atom is -0.488 e. The molecule has 2 aliphatic heterocycles. The maximum Gasteiger partial charge on any atom is 0.276 e. The second-order valence-electron chi connectivity index (χ2n) is 8.64. The van der Waals surface area contributed by atoms with Gasteiger partial charge in [0, 0.05) is 32.3 Å². The van der Waals surface area contributed by atoms with Crippen LogP contribution >= 0.6 is 0 Å². The van der Waals surface area contributed by atoms with E-state index in [1.54, 1.807) is 5.48 Å². The Hall–Kier alpha value is -2.68. The topological polar surface area (TPSA) is 97.6 Å². The number of aliphatic hydroxyl groups is 1. The summed E-state index contributed by atoms with van der Waals surface area (Å²) in [6.45, 7) is 11.3. The van der Waals surface area contributed by atoms with Crippen LogP contribution < -0.4 is 10.2 Å². The number of ether oxygens (including phenoxy) is 1. The summed E-state index contributed by atoms with van der Waals surface area (Å²) in [5.74, 6) is 1.67. The van der Waals surface area contributed by atoms with Gasteiger partial charge in [-0.15, -0.1) is 0 Å². The van der Waals surface area contributed by atoms with E-state index in [1.165, 1.54) is 17.8 Å². The predicted molar refractivity (Wildman–Crippen MR) is 128 cm³/mol. The zero-order valence-electron chi connectivity index (χ0n) is 19.6. The maximum atomic E-state index is 11.5. The highest BCUT2D eigenvalue weighted by molar-refractivity contribution is 5.95. The van der Waals surface area contributed by atoms with Gasteiger partial charge in [-0.2, -0.15) is 0 Å². The lowest BCUT2D eigenvalue weighted by Gasteiger charge is -2.39. The van der Waals surface area contributed by atoms with Crippen molar-refractivity contribution in [3.05, 3.63) is 54.3 Å². The van der Waals surface area contributed by atoms with Gasteiger partial charge < -0.3 is 14.7 Å². The van der Waals surface area contributed by atoms with Crippen molar-refractivity contribution >= 4 is 11.7 Å². The summed E-state index contributed by atoms with van der Waals surface area (Å²) in [4.78, 5) is 20.5. The van der Waals surface area contributed by atoms with Crippen molar-refractivity contribution in [1.82, 2.24) is 15.3 Å². The molecule has 1 aromatic carbocycles. The zero-order chi connectivity index (χ0) is 23.8. The lowest BCUT2D eigenvalue weighted by Crippen LogP contribution is -2.50. The molecular formula is C25H36N4O4. The van der Waals surface area contributed by atoms with Crippen molar-refractivity contribution in [2.24, 2.45) is 10.9 Å². The van der Waals surface area contributed by atoms with Crippen LogP contribution in [-0.4, -0.2) is 76.8 Å². The lowest BCUT2D eigenvalue weighted by molar-refractivity contribution is -0.124. The molecule has 8 heteroatoms. The fourth-order valence-corrected chi connectivity index (χ4v) is 4.67. The molecule has 33 heavy (non-hydrogen) atoms. The Morgan fingerprint density at radius 2 is 2.12 bits per heavy atom. The van der Waals surface area contributed by atoms with Gasteiger partial charge in [0.1, 0.15) is 17.7 Å². The van der Waals surface area contributed by atoms with Crippen LogP contribution in [0.25, 0.3) is 0 Å². The van der Waals surface area contributed by atoms with Crippen molar-refractivity contribution < 1.29 is 19.8 Å². The van der Waals surface area contributed by atoms with Crippen molar-refractivity contribution in [3.8, 4) is 5.75 Å². The number of amidine groups is 1. The number of likely N-dealkylation sites (N-methyl/N-ethyl adjacent to an activating group) is 1. The third-order valence-electron chi connectivity index (χ3n) is 6.70. The Morgan fingerprint density at radius 1 is 1.39 bits per heavy atom. The van der Waals surface area contributed by atoms with Crippen LogP contribution in [0, 0.1) is 5.92 Å². The molecule has 1 aromatic rings. The van der Waals surface area contributed by atoms with Crippen LogP contribution in [0.4, 0.5) is 0 Å². The predicted octanol–water partition coefficient (Wildman–Crippen LogP) is 2.38. The summed E-state index contributed by atoms with van der Waals surface area (Å²) in [5, 5.41) is 19.0. The van der Waals surface area contributed by atoms with Crippen molar-refractivity contribution in [2.75, 3.05) is 32.8 Å². The van der Waals surface area contributed by atoms with E-state index in [-0.39, 0.29) is 24.3 Å². The number of benzene rings is 1. The van der Waals surface area contributed by atoms with Crippen LogP contribution in [0.3, 0.4) is 0 Å². The Labute approximate surface area is 196 Å². The third kappa shape index (κ3) is 6.22. The van der Waals surface area contributed by atoms with Crippen molar-refractivity contribution in [1.29, 1.82) is 0 Å². The number of rotatable bonds is 9. The molecule has 2 atom stereocenters. The van der Waals surface area contributed by atoms with Crippen LogP contribution in [0.2, 0.25) is 0 Å². The first-order valence-electron chi connectivity index (χ1n) is 11.7. The highest BCUT2D eigenvalue weighted by Gasteiger charge is 2.34. The lowest BCUT2D eigenvalue weighted by atomic mass is 9.94. The standard InChI is InChI=1S/C25H36N4O4/c1-4-20(25(31)27-32)15-26-18(3)29-12-10-19(11-13-29)16-28(5-2)22(17-30)24-14-21-8-6-7-9-23(21)33-24/h4,6-9,15,19,22,24,30,32H,1,5,10-14,16-17H2,2-3H3,(H,27,31)/b20-15+,26-18+. The summed E-state index contributed by atoms with van der Waals surface area (Å²) in [7, 11) is 0. The Kier molecular flexibility index (Phi) is 9.05. The van der Waals surface area contributed by atoms with Gasteiger partial charge in [-0.1, -0.05) is 37.8 Å². The fraction of sp³-hybridized carbons (Fsp3) is 0.520. The van der Waals surface area contributed by atoms with Gasteiger partial charge in [0.25, 0.3) is 5.91 Å². The molecule has 3 N–H and O–H groups in total. The number of piperidine rings is 1. The average molecular weight is 457 g/mol. The highest BCUT2D eigenvalue weighted by atomic mass is 16.5. The van der Waals surface area contributed by atoms with Gasteiger partial charge in [0.2, 0.25) is 0 Å². The SMILES string of the molecule is C=C/C(=C\N=C(/C)N1CCC(CN(CC)C(CO)C2Cc3ccccc3O2)CC1)C(=O)NO. The number of amides is 1. The van der Waals surface area contributed by atoms with E-state index in [1.807, 2.05) is 25.1 Å². The summed E-state index contributed by atoms with van der Waals surface area (Å²) >= 11 is 0. The van der Waals surface area contributed by atoms with Crippen LogP contribution in [0.15, 0.2) is 53.7 Å². The molecule has 0 radical (unpaired) electrons. The maximum absolute atomic E-state index is 11.5. The number of fused-ring (bicyclic) bond motifs is 1. The molecule has 2 unspecified atom stereocenters. The molecular weight excluding hydrogens is 420 g/mol. The molecule has 0 saturated carbocycles. The minimum absolute atomic E-state index is 0.0242. The molecule has 8 nitrogen and oxygen atoms in total. The Bertz CT molecular complexity index is 852. The molecule has 1 saturated heterocycles. The van der Waals surface area contributed by atoms with E-state index >= 15 is 0 Å². The molecule has 180 valence electrons. The van der Waals surface area contributed by atoms with E-state index in [2.05, 4.69) is 34.4 Å². The van der Waals surface area contributed by atoms with E-state index < -0.39 is 5.91 Å². The van der Waals surface area contributed by atoms with E-state index in [0.29, 0.717) is 5.92 Å². The first kappa shape index (κ1) is 25.0. The number of para-hydroxylation sites is 1. The molecule has 0 aromatic heterocycles. The molecule has 0 aliphatic carbocycles. The van der Waals surface area contributed by atoms with Gasteiger partial charge in [-0.05, 0) is 43.9 Å². The van der Waals surface area contributed by atoms with E-state index in [9.17, 15) is 9.90 Å². The molecule has 1 fully saturated rings. The Morgan fingerprint density at radius 3 is 2.73 bits per heavy atom. The number of carbonyl (C=O) groups is 1. The van der Waals surface area contributed by atoms with Gasteiger partial charge in [0.05, 0.1) is 18.2 Å². The number of nitrogens with zero attached hydrogens (tertiary/aromatic N) is 3. The molecule has 0 spiro atoms. The average Bonchev–Trinajstić information content (AvgIpc) is 3.28.